The van der Waals surface area contributed by atoms with Crippen molar-refractivity contribution in [1.29, 1.82) is 0 Å². The van der Waals surface area contributed by atoms with Gasteiger partial charge in [0, 0.05) is 18.6 Å². The quantitative estimate of drug-likeness (QED) is 0.613. The molecule has 3 heteroatoms. The second-order valence-corrected chi connectivity index (χ2v) is 10.2. The first-order valence-electron chi connectivity index (χ1n) is 12.3. The Labute approximate surface area is 172 Å². The highest BCUT2D eigenvalue weighted by atomic mass is 16.3. The Balaban J connectivity index is 1.28. The summed E-state index contributed by atoms with van der Waals surface area (Å²) in [7, 11) is 0. The molecule has 4 rings (SSSR count). The molecule has 0 radical (unpaired) electrons. The minimum absolute atomic E-state index is 0.488. The van der Waals surface area contributed by atoms with E-state index in [1.54, 1.807) is 0 Å². The maximum atomic E-state index is 6.10. The monoisotopic (exact) mass is 386 g/mol. The Morgan fingerprint density at radius 1 is 0.821 bits per heavy atom. The highest BCUT2D eigenvalue weighted by molar-refractivity contribution is 4.99. The lowest BCUT2D eigenvalue weighted by atomic mass is 9.75. The van der Waals surface area contributed by atoms with Crippen molar-refractivity contribution in [2.45, 2.75) is 109 Å². The van der Waals surface area contributed by atoms with Gasteiger partial charge in [-0.3, -0.25) is 4.90 Å². The zero-order valence-electron chi connectivity index (χ0n) is 17.9. The van der Waals surface area contributed by atoms with E-state index >= 15 is 0 Å². The molecular weight excluding hydrogens is 344 g/mol. The van der Waals surface area contributed by atoms with E-state index in [1.807, 2.05) is 12.3 Å². The topological polar surface area (TPSA) is 42.4 Å². The van der Waals surface area contributed by atoms with E-state index in [2.05, 4.69) is 11.0 Å². The normalized spacial score (nSPS) is 32.6. The summed E-state index contributed by atoms with van der Waals surface area (Å²) in [5, 5.41) is 0. The third-order valence-corrected chi connectivity index (χ3v) is 8.05. The molecule has 28 heavy (non-hydrogen) atoms. The maximum absolute atomic E-state index is 6.10. The molecule has 0 bridgehead atoms. The average molecular weight is 387 g/mol. The molecular formula is C25H42N2O. The molecule has 0 amide bonds. The van der Waals surface area contributed by atoms with Crippen LogP contribution in [0.3, 0.4) is 0 Å². The number of rotatable bonds is 7. The van der Waals surface area contributed by atoms with Gasteiger partial charge in [-0.25, -0.2) is 0 Å². The van der Waals surface area contributed by atoms with E-state index in [0.717, 1.165) is 36.1 Å². The van der Waals surface area contributed by atoms with Crippen LogP contribution in [-0.2, 0) is 6.54 Å². The molecule has 0 aliphatic heterocycles. The molecule has 158 valence electrons. The molecule has 0 unspecified atom stereocenters. The van der Waals surface area contributed by atoms with Crippen LogP contribution in [0.25, 0.3) is 0 Å². The van der Waals surface area contributed by atoms with Crippen molar-refractivity contribution in [2.24, 2.45) is 23.5 Å². The first kappa shape index (κ1) is 20.5. The molecule has 0 spiro atoms. The van der Waals surface area contributed by atoms with Crippen molar-refractivity contribution in [2.75, 3.05) is 6.54 Å². The fraction of sp³-hybridized carbons (Fsp3) is 0.840. The summed E-state index contributed by atoms with van der Waals surface area (Å²) in [5.74, 6) is 3.99. The molecule has 2 N–H and O–H groups in total. The predicted molar refractivity (Wildman–Crippen MR) is 116 cm³/mol. The summed E-state index contributed by atoms with van der Waals surface area (Å²) in [6.07, 6.45) is 21.5. The summed E-state index contributed by atoms with van der Waals surface area (Å²) in [4.78, 5) is 2.80. The largest absolute Gasteiger partial charge is 0.468 e. The Kier molecular flexibility index (Phi) is 7.53. The van der Waals surface area contributed by atoms with Gasteiger partial charge in [-0.2, -0.15) is 0 Å². The van der Waals surface area contributed by atoms with Gasteiger partial charge in [0.25, 0.3) is 0 Å². The molecule has 1 heterocycles. The van der Waals surface area contributed by atoms with Gasteiger partial charge in [0.05, 0.1) is 12.8 Å². The van der Waals surface area contributed by atoms with Crippen molar-refractivity contribution in [3.8, 4) is 0 Å². The lowest BCUT2D eigenvalue weighted by Gasteiger charge is -2.40. The van der Waals surface area contributed by atoms with Crippen LogP contribution < -0.4 is 5.73 Å². The number of furan rings is 1. The standard InChI is InChI=1S/C25H42N2O/c26-23-12-8-20(9-13-23)17-21-10-14-24(15-11-21)27(19-25-7-4-16-28-25)18-22-5-2-1-3-6-22/h4,7,16,20-24H,1-3,5-6,8-15,17-19,26H2. The Hall–Kier alpha value is -0.800. The van der Waals surface area contributed by atoms with Crippen LogP contribution in [0, 0.1) is 17.8 Å². The lowest BCUT2D eigenvalue weighted by molar-refractivity contribution is 0.0870. The molecule has 0 saturated heterocycles. The van der Waals surface area contributed by atoms with E-state index in [9.17, 15) is 0 Å². The van der Waals surface area contributed by atoms with E-state index < -0.39 is 0 Å². The van der Waals surface area contributed by atoms with Gasteiger partial charge in [0.15, 0.2) is 0 Å². The van der Waals surface area contributed by atoms with Gasteiger partial charge in [-0.15, -0.1) is 0 Å². The SMILES string of the molecule is NC1CCC(CC2CCC(N(Cc3ccco3)CC3CCCCC3)CC2)CC1. The van der Waals surface area contributed by atoms with Crippen molar-refractivity contribution >= 4 is 0 Å². The Morgan fingerprint density at radius 3 is 2.14 bits per heavy atom. The smallest absolute Gasteiger partial charge is 0.117 e. The van der Waals surface area contributed by atoms with Crippen molar-refractivity contribution in [3.05, 3.63) is 24.2 Å². The van der Waals surface area contributed by atoms with Crippen LogP contribution in [0.2, 0.25) is 0 Å². The van der Waals surface area contributed by atoms with Crippen LogP contribution in [0.4, 0.5) is 0 Å². The maximum Gasteiger partial charge on any atom is 0.117 e. The number of hydrogen-bond donors (Lipinski definition) is 1. The van der Waals surface area contributed by atoms with Crippen LogP contribution in [0.5, 0.6) is 0 Å². The van der Waals surface area contributed by atoms with E-state index in [1.165, 1.54) is 96.4 Å². The summed E-state index contributed by atoms with van der Waals surface area (Å²) < 4.78 is 5.72. The lowest BCUT2D eigenvalue weighted by Crippen LogP contribution is -2.41. The zero-order chi connectivity index (χ0) is 19.2. The molecule has 3 aliphatic carbocycles. The number of hydrogen-bond acceptors (Lipinski definition) is 3. The van der Waals surface area contributed by atoms with Gasteiger partial charge in [-0.1, -0.05) is 19.3 Å². The summed E-state index contributed by atoms with van der Waals surface area (Å²) in [6, 6.07) is 5.46. The van der Waals surface area contributed by atoms with Gasteiger partial charge in [-0.05, 0) is 101 Å². The second-order valence-electron chi connectivity index (χ2n) is 10.2. The van der Waals surface area contributed by atoms with Crippen molar-refractivity contribution < 1.29 is 4.42 Å². The fourth-order valence-corrected chi connectivity index (χ4v) is 6.29. The Morgan fingerprint density at radius 2 is 1.50 bits per heavy atom. The van der Waals surface area contributed by atoms with Crippen LogP contribution in [0.1, 0.15) is 95.7 Å². The number of nitrogens with two attached hydrogens (primary N) is 1. The highest BCUT2D eigenvalue weighted by Gasteiger charge is 2.30. The van der Waals surface area contributed by atoms with E-state index in [0.29, 0.717) is 6.04 Å². The first-order valence-corrected chi connectivity index (χ1v) is 12.3. The van der Waals surface area contributed by atoms with Gasteiger partial charge in [0.1, 0.15) is 5.76 Å². The van der Waals surface area contributed by atoms with Crippen LogP contribution in [0.15, 0.2) is 22.8 Å². The van der Waals surface area contributed by atoms with Crippen molar-refractivity contribution in [1.82, 2.24) is 4.90 Å². The summed E-state index contributed by atoms with van der Waals surface area (Å²) in [6.45, 7) is 2.30. The highest BCUT2D eigenvalue weighted by Crippen LogP contribution is 2.37. The fourth-order valence-electron chi connectivity index (χ4n) is 6.29. The van der Waals surface area contributed by atoms with E-state index in [-0.39, 0.29) is 0 Å². The molecule has 1 aromatic rings. The van der Waals surface area contributed by atoms with Gasteiger partial charge in [0.2, 0.25) is 0 Å². The molecule has 1 aromatic heterocycles. The summed E-state index contributed by atoms with van der Waals surface area (Å²) in [5.41, 5.74) is 6.10. The van der Waals surface area contributed by atoms with Crippen LogP contribution >= 0.6 is 0 Å². The third-order valence-electron chi connectivity index (χ3n) is 8.05. The molecule has 3 nitrogen and oxygen atoms in total. The third kappa shape index (κ3) is 5.86. The molecule has 0 aromatic carbocycles. The average Bonchev–Trinajstić information content (AvgIpc) is 3.24. The molecule has 3 saturated carbocycles. The minimum Gasteiger partial charge on any atom is -0.468 e. The zero-order valence-corrected chi connectivity index (χ0v) is 17.9. The Bertz CT molecular complexity index is 535. The van der Waals surface area contributed by atoms with Gasteiger partial charge < -0.3 is 10.2 Å². The molecule has 3 aliphatic rings. The van der Waals surface area contributed by atoms with Crippen molar-refractivity contribution in [3.63, 3.8) is 0 Å². The van der Waals surface area contributed by atoms with Gasteiger partial charge >= 0.3 is 0 Å². The van der Waals surface area contributed by atoms with E-state index in [4.69, 9.17) is 10.2 Å². The second kappa shape index (κ2) is 10.3. The van der Waals surface area contributed by atoms with Crippen LogP contribution in [-0.4, -0.2) is 23.5 Å². The number of nitrogens with zero attached hydrogens (tertiary/aromatic N) is 1. The molecule has 0 atom stereocenters. The minimum atomic E-state index is 0.488. The molecule has 3 fully saturated rings. The predicted octanol–water partition coefficient (Wildman–Crippen LogP) is 6.13. The first-order chi connectivity index (χ1) is 13.8. The summed E-state index contributed by atoms with van der Waals surface area (Å²) >= 11 is 0.